The van der Waals surface area contributed by atoms with Crippen molar-refractivity contribution < 1.29 is 4.74 Å². The number of benzene rings is 1. The minimum Gasteiger partial charge on any atom is -0.486 e. The molecule has 19 heavy (non-hydrogen) atoms. The van der Waals surface area contributed by atoms with Crippen molar-refractivity contribution in [2.24, 2.45) is 0 Å². The van der Waals surface area contributed by atoms with E-state index in [0.29, 0.717) is 0 Å². The first-order chi connectivity index (χ1) is 8.76. The highest BCUT2D eigenvalue weighted by Gasteiger charge is 2.24. The topological polar surface area (TPSA) is 21.3 Å². The van der Waals surface area contributed by atoms with Gasteiger partial charge in [-0.3, -0.25) is 0 Å². The lowest BCUT2D eigenvalue weighted by Gasteiger charge is -2.31. The first-order valence-corrected chi connectivity index (χ1v) is 7.25. The van der Waals surface area contributed by atoms with E-state index in [1.165, 1.54) is 5.56 Å². The Morgan fingerprint density at radius 1 is 1.05 bits per heavy atom. The summed E-state index contributed by atoms with van der Waals surface area (Å²) in [5, 5.41) is 3.43. The first kappa shape index (κ1) is 16.0. The molecular weight excluding hydrogens is 234 g/mol. The number of ether oxygens (including phenoxy) is 1. The number of para-hydroxylation sites is 1. The van der Waals surface area contributed by atoms with Crippen LogP contribution in [0.15, 0.2) is 24.3 Å². The summed E-state index contributed by atoms with van der Waals surface area (Å²) in [6, 6.07) is 8.35. The minimum absolute atomic E-state index is 0.101. The van der Waals surface area contributed by atoms with Crippen LogP contribution in [0.4, 0.5) is 0 Å². The maximum atomic E-state index is 6.24. The lowest BCUT2D eigenvalue weighted by atomic mass is 9.86. The van der Waals surface area contributed by atoms with Gasteiger partial charge in [-0.05, 0) is 43.9 Å². The second-order valence-corrected chi connectivity index (χ2v) is 6.78. The fraction of sp³-hybridized carbons (Fsp3) is 0.647. The van der Waals surface area contributed by atoms with Crippen LogP contribution < -0.4 is 10.1 Å². The summed E-state index contributed by atoms with van der Waals surface area (Å²) >= 11 is 0. The summed E-state index contributed by atoms with van der Waals surface area (Å²) in [7, 11) is 0. The third kappa shape index (κ3) is 5.23. The van der Waals surface area contributed by atoms with Crippen LogP contribution in [0, 0.1) is 0 Å². The van der Waals surface area contributed by atoms with E-state index in [4.69, 9.17) is 4.74 Å². The van der Waals surface area contributed by atoms with E-state index in [0.717, 1.165) is 25.3 Å². The molecule has 1 aromatic carbocycles. The molecule has 0 saturated heterocycles. The maximum Gasteiger partial charge on any atom is 0.123 e. The van der Waals surface area contributed by atoms with Gasteiger partial charge in [-0.2, -0.15) is 0 Å². The Morgan fingerprint density at radius 3 is 2.26 bits per heavy atom. The van der Waals surface area contributed by atoms with E-state index in [9.17, 15) is 0 Å². The molecule has 2 nitrogen and oxygen atoms in total. The number of rotatable bonds is 6. The van der Waals surface area contributed by atoms with Crippen molar-refractivity contribution in [2.45, 2.75) is 59.0 Å². The van der Waals surface area contributed by atoms with E-state index in [2.05, 4.69) is 65.1 Å². The second kappa shape index (κ2) is 6.42. The van der Waals surface area contributed by atoms with Crippen LogP contribution in [0.5, 0.6) is 5.75 Å². The van der Waals surface area contributed by atoms with Gasteiger partial charge in [0.15, 0.2) is 0 Å². The van der Waals surface area contributed by atoms with Crippen molar-refractivity contribution in [1.29, 1.82) is 0 Å². The van der Waals surface area contributed by atoms with Gasteiger partial charge in [0, 0.05) is 6.54 Å². The second-order valence-electron chi connectivity index (χ2n) is 6.78. The molecule has 1 aromatic rings. The van der Waals surface area contributed by atoms with Crippen LogP contribution in [-0.2, 0) is 5.41 Å². The van der Waals surface area contributed by atoms with Crippen molar-refractivity contribution in [3.8, 4) is 5.75 Å². The molecule has 0 heterocycles. The molecule has 1 rings (SSSR count). The van der Waals surface area contributed by atoms with Crippen LogP contribution in [0.1, 0.15) is 53.5 Å². The van der Waals surface area contributed by atoms with Crippen molar-refractivity contribution in [3.63, 3.8) is 0 Å². The summed E-state index contributed by atoms with van der Waals surface area (Å²) < 4.78 is 6.24. The van der Waals surface area contributed by atoms with Crippen LogP contribution in [0.2, 0.25) is 0 Å². The minimum atomic E-state index is -0.198. The summed E-state index contributed by atoms with van der Waals surface area (Å²) in [6.07, 6.45) is 1.15. The first-order valence-electron chi connectivity index (χ1n) is 7.25. The molecule has 0 atom stereocenters. The largest absolute Gasteiger partial charge is 0.486 e. The molecule has 0 aliphatic rings. The van der Waals surface area contributed by atoms with Crippen molar-refractivity contribution in [2.75, 3.05) is 13.1 Å². The highest BCUT2D eigenvalue weighted by atomic mass is 16.5. The molecule has 0 spiro atoms. The standard InChI is InChI=1S/C17H29NO/c1-7-12-18-13-17(5,6)19-15-11-9-8-10-14(15)16(2,3)4/h8-11,18H,7,12-13H2,1-6H3. The van der Waals surface area contributed by atoms with Crippen LogP contribution >= 0.6 is 0 Å². The Balaban J connectivity index is 2.81. The smallest absolute Gasteiger partial charge is 0.123 e. The van der Waals surface area contributed by atoms with E-state index < -0.39 is 0 Å². The number of hydrogen-bond acceptors (Lipinski definition) is 2. The zero-order chi connectivity index (χ0) is 14.5. The average Bonchev–Trinajstić information content (AvgIpc) is 2.27. The van der Waals surface area contributed by atoms with E-state index in [1.807, 2.05) is 6.07 Å². The fourth-order valence-corrected chi connectivity index (χ4v) is 2.08. The predicted octanol–water partition coefficient (Wildman–Crippen LogP) is 4.14. The summed E-state index contributed by atoms with van der Waals surface area (Å²) in [4.78, 5) is 0. The lowest BCUT2D eigenvalue weighted by Crippen LogP contribution is -2.41. The van der Waals surface area contributed by atoms with Gasteiger partial charge in [-0.25, -0.2) is 0 Å². The van der Waals surface area contributed by atoms with Crippen LogP contribution in [0.3, 0.4) is 0 Å². The molecule has 0 unspecified atom stereocenters. The third-order valence-corrected chi connectivity index (χ3v) is 3.06. The zero-order valence-electron chi connectivity index (χ0n) is 13.3. The van der Waals surface area contributed by atoms with Crippen LogP contribution in [-0.4, -0.2) is 18.7 Å². The molecule has 0 aliphatic heterocycles. The SMILES string of the molecule is CCCNCC(C)(C)Oc1ccccc1C(C)(C)C. The maximum absolute atomic E-state index is 6.24. The lowest BCUT2D eigenvalue weighted by molar-refractivity contribution is 0.105. The monoisotopic (exact) mass is 263 g/mol. The summed E-state index contributed by atoms with van der Waals surface area (Å²) in [5.74, 6) is 0.998. The van der Waals surface area contributed by atoms with Crippen molar-refractivity contribution in [3.05, 3.63) is 29.8 Å². The Hall–Kier alpha value is -1.02. The van der Waals surface area contributed by atoms with Gasteiger partial charge in [0.1, 0.15) is 11.4 Å². The Morgan fingerprint density at radius 2 is 1.68 bits per heavy atom. The molecule has 0 bridgehead atoms. The summed E-state index contributed by atoms with van der Waals surface area (Å²) in [6.45, 7) is 15.0. The summed E-state index contributed by atoms with van der Waals surface area (Å²) in [5.41, 5.74) is 1.17. The predicted molar refractivity (Wildman–Crippen MR) is 83.0 cm³/mol. The van der Waals surface area contributed by atoms with Gasteiger partial charge in [0.25, 0.3) is 0 Å². The molecule has 0 saturated carbocycles. The van der Waals surface area contributed by atoms with Crippen molar-refractivity contribution >= 4 is 0 Å². The quantitative estimate of drug-likeness (QED) is 0.779. The number of nitrogens with one attached hydrogen (secondary N) is 1. The molecule has 0 radical (unpaired) electrons. The van der Waals surface area contributed by atoms with Gasteiger partial charge in [-0.1, -0.05) is 45.9 Å². The molecule has 108 valence electrons. The molecule has 2 heteroatoms. The fourth-order valence-electron chi connectivity index (χ4n) is 2.08. The molecule has 0 fully saturated rings. The molecular formula is C17H29NO. The molecule has 1 N–H and O–H groups in total. The van der Waals surface area contributed by atoms with E-state index >= 15 is 0 Å². The highest BCUT2D eigenvalue weighted by molar-refractivity contribution is 5.38. The van der Waals surface area contributed by atoms with Gasteiger partial charge in [0.05, 0.1) is 0 Å². The Bertz CT molecular complexity index is 390. The Kier molecular flexibility index (Phi) is 5.42. The van der Waals surface area contributed by atoms with Gasteiger partial charge in [-0.15, -0.1) is 0 Å². The van der Waals surface area contributed by atoms with Crippen LogP contribution in [0.25, 0.3) is 0 Å². The van der Waals surface area contributed by atoms with E-state index in [-0.39, 0.29) is 11.0 Å². The normalized spacial score (nSPS) is 12.5. The van der Waals surface area contributed by atoms with Gasteiger partial charge in [0.2, 0.25) is 0 Å². The zero-order valence-corrected chi connectivity index (χ0v) is 13.3. The van der Waals surface area contributed by atoms with Gasteiger partial charge < -0.3 is 10.1 Å². The van der Waals surface area contributed by atoms with E-state index in [1.54, 1.807) is 0 Å². The molecule has 0 aliphatic carbocycles. The van der Waals surface area contributed by atoms with Crippen molar-refractivity contribution in [1.82, 2.24) is 5.32 Å². The third-order valence-electron chi connectivity index (χ3n) is 3.06. The molecule has 0 aromatic heterocycles. The highest BCUT2D eigenvalue weighted by Crippen LogP contribution is 2.32. The molecule has 0 amide bonds. The number of hydrogen-bond donors (Lipinski definition) is 1. The van der Waals surface area contributed by atoms with Gasteiger partial charge >= 0.3 is 0 Å². The Labute approximate surface area is 118 Å². The average molecular weight is 263 g/mol.